The van der Waals surface area contributed by atoms with Gasteiger partial charge in [-0.3, -0.25) is 9.89 Å². The molecule has 1 amide bonds. The monoisotopic (exact) mass is 364 g/mol. The standard InChI is InChI=1S/C20H24N6O/c1-14-7-8-17-16(11-14)19(25-23-17)20(27)21-12-18-24-22-13-26(18)10-9-15-5-3-2-4-6-15/h2-6,13-14H,7-12H2,1H3,(H,21,27)(H,23,25). The highest BCUT2D eigenvalue weighted by atomic mass is 16.1. The number of rotatable bonds is 6. The summed E-state index contributed by atoms with van der Waals surface area (Å²) in [6.45, 7) is 3.33. The van der Waals surface area contributed by atoms with Gasteiger partial charge in [0.15, 0.2) is 11.5 Å². The molecule has 0 saturated heterocycles. The van der Waals surface area contributed by atoms with E-state index in [1.165, 1.54) is 5.56 Å². The Morgan fingerprint density at radius 2 is 2.19 bits per heavy atom. The van der Waals surface area contributed by atoms with Crippen molar-refractivity contribution in [1.29, 1.82) is 0 Å². The van der Waals surface area contributed by atoms with Gasteiger partial charge in [-0.1, -0.05) is 37.3 Å². The minimum atomic E-state index is -0.154. The van der Waals surface area contributed by atoms with Crippen LogP contribution in [0.3, 0.4) is 0 Å². The van der Waals surface area contributed by atoms with Gasteiger partial charge < -0.3 is 9.88 Å². The number of fused-ring (bicyclic) bond motifs is 1. The van der Waals surface area contributed by atoms with E-state index in [-0.39, 0.29) is 5.91 Å². The van der Waals surface area contributed by atoms with Gasteiger partial charge in [-0.25, -0.2) is 0 Å². The zero-order chi connectivity index (χ0) is 18.6. The number of hydrogen-bond donors (Lipinski definition) is 2. The molecule has 1 aliphatic carbocycles. The summed E-state index contributed by atoms with van der Waals surface area (Å²) in [5.74, 6) is 1.18. The Hall–Kier alpha value is -2.96. The number of benzene rings is 1. The van der Waals surface area contributed by atoms with E-state index in [0.29, 0.717) is 18.2 Å². The van der Waals surface area contributed by atoms with Crippen LogP contribution in [-0.4, -0.2) is 30.9 Å². The molecule has 1 unspecified atom stereocenters. The zero-order valence-corrected chi connectivity index (χ0v) is 15.5. The molecular formula is C20H24N6O. The van der Waals surface area contributed by atoms with Crippen molar-refractivity contribution in [1.82, 2.24) is 30.3 Å². The fourth-order valence-electron chi connectivity index (χ4n) is 3.60. The van der Waals surface area contributed by atoms with Crippen LogP contribution in [0.15, 0.2) is 36.7 Å². The van der Waals surface area contributed by atoms with E-state index in [1.54, 1.807) is 6.33 Å². The summed E-state index contributed by atoms with van der Waals surface area (Å²) in [6, 6.07) is 10.3. The van der Waals surface area contributed by atoms with Gasteiger partial charge >= 0.3 is 0 Å². The van der Waals surface area contributed by atoms with Crippen LogP contribution in [0, 0.1) is 5.92 Å². The third-order valence-electron chi connectivity index (χ3n) is 5.19. The summed E-state index contributed by atoms with van der Waals surface area (Å²) in [6.07, 6.45) is 5.61. The summed E-state index contributed by atoms with van der Waals surface area (Å²) in [5, 5.41) is 18.4. The molecule has 2 heterocycles. The molecule has 2 N–H and O–H groups in total. The van der Waals surface area contributed by atoms with Crippen molar-refractivity contribution in [3.8, 4) is 0 Å². The Morgan fingerprint density at radius 1 is 1.33 bits per heavy atom. The highest BCUT2D eigenvalue weighted by molar-refractivity contribution is 5.93. The maximum atomic E-state index is 12.6. The van der Waals surface area contributed by atoms with E-state index in [0.717, 1.165) is 49.3 Å². The molecule has 7 nitrogen and oxygen atoms in total. The van der Waals surface area contributed by atoms with E-state index in [1.807, 2.05) is 22.8 Å². The lowest BCUT2D eigenvalue weighted by atomic mass is 9.88. The van der Waals surface area contributed by atoms with Crippen LogP contribution in [0.2, 0.25) is 0 Å². The molecule has 1 atom stereocenters. The molecule has 7 heteroatoms. The summed E-state index contributed by atoms with van der Waals surface area (Å²) in [4.78, 5) is 12.6. The Labute approximate surface area is 158 Å². The summed E-state index contributed by atoms with van der Waals surface area (Å²) in [5.41, 5.74) is 3.95. The fourth-order valence-corrected chi connectivity index (χ4v) is 3.60. The lowest BCUT2D eigenvalue weighted by Crippen LogP contribution is -2.27. The van der Waals surface area contributed by atoms with Crippen LogP contribution in [0.1, 0.15) is 46.5 Å². The van der Waals surface area contributed by atoms with Gasteiger partial charge in [0.25, 0.3) is 5.91 Å². The summed E-state index contributed by atoms with van der Waals surface area (Å²) >= 11 is 0. The summed E-state index contributed by atoms with van der Waals surface area (Å²) < 4.78 is 1.98. The molecule has 27 heavy (non-hydrogen) atoms. The quantitative estimate of drug-likeness (QED) is 0.702. The van der Waals surface area contributed by atoms with Crippen LogP contribution in [0.4, 0.5) is 0 Å². The highest BCUT2D eigenvalue weighted by Gasteiger charge is 2.24. The first kappa shape index (κ1) is 17.5. The van der Waals surface area contributed by atoms with Crippen LogP contribution in [-0.2, 0) is 32.4 Å². The smallest absolute Gasteiger partial charge is 0.272 e. The highest BCUT2D eigenvalue weighted by Crippen LogP contribution is 2.26. The van der Waals surface area contributed by atoms with Crippen LogP contribution < -0.4 is 5.32 Å². The van der Waals surface area contributed by atoms with Gasteiger partial charge in [0.05, 0.1) is 6.54 Å². The van der Waals surface area contributed by atoms with Crippen LogP contribution in [0.25, 0.3) is 0 Å². The number of H-pyrrole nitrogens is 1. The predicted molar refractivity (Wildman–Crippen MR) is 101 cm³/mol. The number of nitrogens with zero attached hydrogens (tertiary/aromatic N) is 4. The zero-order valence-electron chi connectivity index (χ0n) is 15.5. The fraction of sp³-hybridized carbons (Fsp3) is 0.400. The molecule has 4 rings (SSSR count). The van der Waals surface area contributed by atoms with E-state index >= 15 is 0 Å². The van der Waals surface area contributed by atoms with Crippen molar-refractivity contribution in [2.24, 2.45) is 5.92 Å². The first-order valence-corrected chi connectivity index (χ1v) is 9.45. The maximum absolute atomic E-state index is 12.6. The lowest BCUT2D eigenvalue weighted by Gasteiger charge is -2.18. The van der Waals surface area contributed by atoms with Crippen molar-refractivity contribution >= 4 is 5.91 Å². The number of aryl methyl sites for hydroxylation is 3. The normalized spacial score (nSPS) is 16.1. The van der Waals surface area contributed by atoms with Crippen LogP contribution in [0.5, 0.6) is 0 Å². The van der Waals surface area contributed by atoms with Gasteiger partial charge in [-0.2, -0.15) is 5.10 Å². The average molecular weight is 364 g/mol. The molecule has 0 fully saturated rings. The largest absolute Gasteiger partial charge is 0.343 e. The van der Waals surface area contributed by atoms with Crippen molar-refractivity contribution < 1.29 is 4.79 Å². The number of hydrogen-bond acceptors (Lipinski definition) is 4. The molecule has 1 aromatic carbocycles. The lowest BCUT2D eigenvalue weighted by molar-refractivity contribution is 0.0943. The van der Waals surface area contributed by atoms with Gasteiger partial charge in [0, 0.05) is 17.8 Å². The van der Waals surface area contributed by atoms with E-state index in [9.17, 15) is 4.79 Å². The Morgan fingerprint density at radius 3 is 3.04 bits per heavy atom. The molecule has 1 aliphatic rings. The molecule has 2 aromatic heterocycles. The van der Waals surface area contributed by atoms with Crippen molar-refractivity contribution in [3.63, 3.8) is 0 Å². The summed E-state index contributed by atoms with van der Waals surface area (Å²) in [7, 11) is 0. The van der Waals surface area contributed by atoms with Gasteiger partial charge in [-0.05, 0) is 37.2 Å². The van der Waals surface area contributed by atoms with Crippen molar-refractivity contribution in [2.45, 2.75) is 45.7 Å². The number of nitrogens with one attached hydrogen (secondary N) is 2. The molecule has 3 aromatic rings. The van der Waals surface area contributed by atoms with Crippen molar-refractivity contribution in [2.75, 3.05) is 0 Å². The Bertz CT molecular complexity index is 914. The third-order valence-corrected chi connectivity index (χ3v) is 5.19. The molecule has 0 bridgehead atoms. The number of carbonyl (C=O) groups is 1. The average Bonchev–Trinajstić information content (AvgIpc) is 3.31. The predicted octanol–water partition coefficient (Wildman–Crippen LogP) is 2.30. The topological polar surface area (TPSA) is 88.5 Å². The second kappa shape index (κ2) is 7.73. The SMILES string of the molecule is CC1CCc2[nH]nc(C(=O)NCc3nncn3CCc3ccccc3)c2C1. The molecule has 0 aliphatic heterocycles. The molecular weight excluding hydrogens is 340 g/mol. The number of amides is 1. The van der Waals surface area contributed by atoms with Gasteiger partial charge in [-0.15, -0.1) is 10.2 Å². The first-order valence-electron chi connectivity index (χ1n) is 9.45. The number of aromatic nitrogens is 5. The van der Waals surface area contributed by atoms with Crippen molar-refractivity contribution in [3.05, 3.63) is 65.0 Å². The number of carbonyl (C=O) groups excluding carboxylic acids is 1. The minimum absolute atomic E-state index is 0.154. The third kappa shape index (κ3) is 3.92. The van der Waals surface area contributed by atoms with Gasteiger partial charge in [0.1, 0.15) is 6.33 Å². The van der Waals surface area contributed by atoms with Gasteiger partial charge in [0.2, 0.25) is 0 Å². The second-order valence-corrected chi connectivity index (χ2v) is 7.24. The first-order chi connectivity index (χ1) is 13.2. The van der Waals surface area contributed by atoms with E-state index in [2.05, 4.69) is 44.8 Å². The number of aromatic amines is 1. The van der Waals surface area contributed by atoms with Crippen LogP contribution >= 0.6 is 0 Å². The Balaban J connectivity index is 1.38. The molecule has 0 radical (unpaired) electrons. The molecule has 0 saturated carbocycles. The molecule has 0 spiro atoms. The minimum Gasteiger partial charge on any atom is -0.343 e. The Kier molecular flexibility index (Phi) is 5.00. The van der Waals surface area contributed by atoms with E-state index < -0.39 is 0 Å². The van der Waals surface area contributed by atoms with E-state index in [4.69, 9.17) is 0 Å². The second-order valence-electron chi connectivity index (χ2n) is 7.24. The maximum Gasteiger partial charge on any atom is 0.272 e. The molecule has 140 valence electrons.